The minimum absolute atomic E-state index is 0.779. The van der Waals surface area contributed by atoms with Crippen LogP contribution in [0.1, 0.15) is 6.42 Å². The minimum Gasteiger partial charge on any atom is -0.502 e. The van der Waals surface area contributed by atoms with E-state index in [-0.39, 0.29) is 0 Å². The van der Waals surface area contributed by atoms with E-state index < -0.39 is 0 Å². The highest BCUT2D eigenvalue weighted by atomic mass is 16.5. The molecule has 0 N–H and O–H groups in total. The maximum atomic E-state index is 4.92. The van der Waals surface area contributed by atoms with E-state index in [0.29, 0.717) is 0 Å². The molecule has 2 heteroatoms. The van der Waals surface area contributed by atoms with Gasteiger partial charge in [-0.3, -0.25) is 0 Å². The Balaban J connectivity index is 2.82. The highest BCUT2D eigenvalue weighted by molar-refractivity contribution is 4.50. The van der Waals surface area contributed by atoms with Crippen molar-refractivity contribution < 1.29 is 4.74 Å². The van der Waals surface area contributed by atoms with Crippen LogP contribution in [0.4, 0.5) is 0 Å². The van der Waals surface area contributed by atoms with Gasteiger partial charge in [-0.2, -0.15) is 0 Å². The molecule has 0 radical (unpaired) electrons. The summed E-state index contributed by atoms with van der Waals surface area (Å²) in [7, 11) is 4.10. The van der Waals surface area contributed by atoms with Crippen LogP contribution in [0.15, 0.2) is 12.8 Å². The first-order chi connectivity index (χ1) is 4.27. The molecule has 0 spiro atoms. The van der Waals surface area contributed by atoms with E-state index in [9.17, 15) is 0 Å². The standard InChI is InChI=1S/C7H15NO/c1-4-9-7-5-6-8(2)3/h4H,1,5-7H2,2-3H3. The zero-order valence-corrected chi connectivity index (χ0v) is 6.26. The van der Waals surface area contributed by atoms with Gasteiger partial charge >= 0.3 is 0 Å². The Kier molecular flexibility index (Phi) is 5.32. The summed E-state index contributed by atoms with van der Waals surface area (Å²) in [6.45, 7) is 5.30. The summed E-state index contributed by atoms with van der Waals surface area (Å²) < 4.78 is 4.92. The van der Waals surface area contributed by atoms with Gasteiger partial charge in [0.05, 0.1) is 12.9 Å². The Morgan fingerprint density at radius 3 is 2.67 bits per heavy atom. The molecule has 0 saturated carbocycles. The number of rotatable bonds is 5. The molecule has 0 heterocycles. The molecule has 0 aromatic carbocycles. The predicted molar refractivity (Wildman–Crippen MR) is 39.3 cm³/mol. The molecule has 0 saturated heterocycles. The highest BCUT2D eigenvalue weighted by Gasteiger charge is 1.87. The van der Waals surface area contributed by atoms with Crippen LogP contribution in [0.5, 0.6) is 0 Å². The summed E-state index contributed by atoms with van der Waals surface area (Å²) in [6, 6.07) is 0. The first kappa shape index (κ1) is 8.50. The van der Waals surface area contributed by atoms with Crippen LogP contribution in [-0.2, 0) is 4.74 Å². The van der Waals surface area contributed by atoms with Gasteiger partial charge in [0, 0.05) is 6.54 Å². The molecule has 0 aromatic rings. The van der Waals surface area contributed by atoms with E-state index in [1.54, 1.807) is 0 Å². The van der Waals surface area contributed by atoms with Gasteiger partial charge in [0.2, 0.25) is 0 Å². The summed E-state index contributed by atoms with van der Waals surface area (Å²) in [4.78, 5) is 2.13. The smallest absolute Gasteiger partial charge is 0.0885 e. The zero-order valence-electron chi connectivity index (χ0n) is 6.26. The van der Waals surface area contributed by atoms with Crippen molar-refractivity contribution in [1.82, 2.24) is 4.90 Å². The lowest BCUT2D eigenvalue weighted by molar-refractivity contribution is 0.229. The van der Waals surface area contributed by atoms with Gasteiger partial charge < -0.3 is 9.64 Å². The molecule has 0 rings (SSSR count). The lowest BCUT2D eigenvalue weighted by Crippen LogP contribution is -2.14. The monoisotopic (exact) mass is 129 g/mol. The molecule has 2 nitrogen and oxygen atoms in total. The largest absolute Gasteiger partial charge is 0.502 e. The fraction of sp³-hybridized carbons (Fsp3) is 0.714. The molecule has 9 heavy (non-hydrogen) atoms. The molecule has 0 aliphatic rings. The minimum atomic E-state index is 0.779. The number of hydrogen-bond donors (Lipinski definition) is 0. The Morgan fingerprint density at radius 1 is 1.56 bits per heavy atom. The maximum Gasteiger partial charge on any atom is 0.0885 e. The summed E-state index contributed by atoms with van der Waals surface area (Å²) >= 11 is 0. The molecule has 0 atom stereocenters. The summed E-state index contributed by atoms with van der Waals surface area (Å²) in [5.74, 6) is 0. The van der Waals surface area contributed by atoms with Crippen molar-refractivity contribution in [1.29, 1.82) is 0 Å². The van der Waals surface area contributed by atoms with Crippen molar-refractivity contribution >= 4 is 0 Å². The average Bonchev–Trinajstić information content (AvgIpc) is 1.80. The van der Waals surface area contributed by atoms with Gasteiger partial charge in [-0.25, -0.2) is 0 Å². The van der Waals surface area contributed by atoms with Crippen molar-refractivity contribution in [2.45, 2.75) is 6.42 Å². The molecule has 0 aliphatic heterocycles. The van der Waals surface area contributed by atoms with Crippen LogP contribution in [0.25, 0.3) is 0 Å². The van der Waals surface area contributed by atoms with Crippen molar-refractivity contribution in [3.63, 3.8) is 0 Å². The summed E-state index contributed by atoms with van der Waals surface area (Å²) in [6.07, 6.45) is 2.55. The lowest BCUT2D eigenvalue weighted by Gasteiger charge is -2.07. The fourth-order valence-corrected chi connectivity index (χ4v) is 0.547. The normalized spacial score (nSPS) is 9.67. The zero-order chi connectivity index (χ0) is 7.11. The predicted octanol–water partition coefficient (Wildman–Crippen LogP) is 1.10. The second kappa shape index (κ2) is 5.63. The van der Waals surface area contributed by atoms with Crippen molar-refractivity contribution in [2.24, 2.45) is 0 Å². The lowest BCUT2D eigenvalue weighted by atomic mass is 10.4. The number of ether oxygens (including phenoxy) is 1. The number of nitrogens with zero attached hydrogens (tertiary/aromatic N) is 1. The van der Waals surface area contributed by atoms with Gasteiger partial charge in [0.15, 0.2) is 0 Å². The molecule has 54 valence electrons. The first-order valence-electron chi connectivity index (χ1n) is 3.14. The van der Waals surface area contributed by atoms with E-state index in [4.69, 9.17) is 4.74 Å². The summed E-state index contributed by atoms with van der Waals surface area (Å²) in [5, 5.41) is 0. The van der Waals surface area contributed by atoms with E-state index in [1.165, 1.54) is 6.26 Å². The van der Waals surface area contributed by atoms with Gasteiger partial charge in [-0.05, 0) is 20.5 Å². The molecule has 0 bridgehead atoms. The van der Waals surface area contributed by atoms with Gasteiger partial charge in [-0.15, -0.1) is 0 Å². The number of hydrogen-bond acceptors (Lipinski definition) is 2. The average molecular weight is 129 g/mol. The van der Waals surface area contributed by atoms with Gasteiger partial charge in [0.1, 0.15) is 0 Å². The molecule has 0 amide bonds. The van der Waals surface area contributed by atoms with Crippen molar-refractivity contribution in [3.05, 3.63) is 12.8 Å². The first-order valence-corrected chi connectivity index (χ1v) is 3.14. The molecule has 0 unspecified atom stereocenters. The third kappa shape index (κ3) is 7.50. The SMILES string of the molecule is C=COCCCN(C)C. The van der Waals surface area contributed by atoms with E-state index >= 15 is 0 Å². The maximum absolute atomic E-state index is 4.92. The Morgan fingerprint density at radius 2 is 2.22 bits per heavy atom. The van der Waals surface area contributed by atoms with Gasteiger partial charge in [0.25, 0.3) is 0 Å². The van der Waals surface area contributed by atoms with Crippen LogP contribution >= 0.6 is 0 Å². The molecule has 0 aromatic heterocycles. The molecule has 0 fully saturated rings. The third-order valence-corrected chi connectivity index (χ3v) is 0.985. The van der Waals surface area contributed by atoms with E-state index in [0.717, 1.165) is 19.6 Å². The fourth-order valence-electron chi connectivity index (χ4n) is 0.547. The van der Waals surface area contributed by atoms with Crippen LogP contribution in [-0.4, -0.2) is 32.1 Å². The van der Waals surface area contributed by atoms with Crippen LogP contribution < -0.4 is 0 Å². The quantitative estimate of drug-likeness (QED) is 0.407. The second-order valence-electron chi connectivity index (χ2n) is 2.19. The Labute approximate surface area is 57.1 Å². The van der Waals surface area contributed by atoms with E-state index in [1.807, 2.05) is 14.1 Å². The Hall–Kier alpha value is -0.500. The molecule has 0 aliphatic carbocycles. The second-order valence-corrected chi connectivity index (χ2v) is 2.19. The van der Waals surface area contributed by atoms with Crippen molar-refractivity contribution in [2.75, 3.05) is 27.2 Å². The van der Waals surface area contributed by atoms with Crippen molar-refractivity contribution in [3.8, 4) is 0 Å². The highest BCUT2D eigenvalue weighted by Crippen LogP contribution is 1.84. The van der Waals surface area contributed by atoms with Crippen LogP contribution in [0.3, 0.4) is 0 Å². The molecular formula is C7H15NO. The Bertz CT molecular complexity index is 71.3. The van der Waals surface area contributed by atoms with Crippen LogP contribution in [0, 0.1) is 0 Å². The van der Waals surface area contributed by atoms with Gasteiger partial charge in [-0.1, -0.05) is 6.58 Å². The topological polar surface area (TPSA) is 12.5 Å². The van der Waals surface area contributed by atoms with Crippen LogP contribution in [0.2, 0.25) is 0 Å². The third-order valence-electron chi connectivity index (χ3n) is 0.985. The molecular weight excluding hydrogens is 114 g/mol. The summed E-state index contributed by atoms with van der Waals surface area (Å²) in [5.41, 5.74) is 0. The van der Waals surface area contributed by atoms with E-state index in [2.05, 4.69) is 11.5 Å².